The lowest BCUT2D eigenvalue weighted by Crippen LogP contribution is -2.48. The van der Waals surface area contributed by atoms with Gasteiger partial charge < -0.3 is 9.38 Å². The molecule has 192 valence electrons. The van der Waals surface area contributed by atoms with Gasteiger partial charge in [-0.2, -0.15) is 0 Å². The molecule has 1 atom stereocenters. The maximum Gasteiger partial charge on any atom is 0.318 e. The molecular formula is C31H40N5S+3. The van der Waals surface area contributed by atoms with Crippen molar-refractivity contribution in [3.05, 3.63) is 84.2 Å². The van der Waals surface area contributed by atoms with E-state index < -0.39 is 0 Å². The number of thioether (sulfide) groups is 1. The van der Waals surface area contributed by atoms with Gasteiger partial charge in [0.05, 0.1) is 53.1 Å². The zero-order chi connectivity index (χ0) is 25.8. The molecule has 0 aliphatic carbocycles. The largest absolute Gasteiger partial charge is 0.366 e. The number of fused-ring (bicyclic) bond motifs is 1. The van der Waals surface area contributed by atoms with Gasteiger partial charge in [-0.15, -0.1) is 0 Å². The van der Waals surface area contributed by atoms with Gasteiger partial charge in [-0.25, -0.2) is 13.7 Å². The van der Waals surface area contributed by atoms with Gasteiger partial charge in [0.1, 0.15) is 7.05 Å². The van der Waals surface area contributed by atoms with Crippen LogP contribution in [0, 0.1) is 0 Å². The second-order valence-corrected chi connectivity index (χ2v) is 11.7. The van der Waals surface area contributed by atoms with Crippen molar-refractivity contribution in [2.75, 3.05) is 50.4 Å². The molecule has 1 unspecified atom stereocenters. The Hall–Kier alpha value is -3.09. The van der Waals surface area contributed by atoms with Crippen LogP contribution in [0.15, 0.2) is 78.2 Å². The lowest BCUT2D eigenvalue weighted by Gasteiger charge is -2.33. The van der Waals surface area contributed by atoms with Crippen LogP contribution >= 0.6 is 11.8 Å². The lowest BCUT2D eigenvalue weighted by molar-refractivity contribution is -0.904. The van der Waals surface area contributed by atoms with Crippen LogP contribution in [0.3, 0.4) is 0 Å². The Kier molecular flexibility index (Phi) is 7.68. The number of rotatable bonds is 7. The number of imidazole rings is 1. The molecule has 5 rings (SSSR count). The molecular weight excluding hydrogens is 474 g/mol. The molecule has 1 aliphatic rings. The van der Waals surface area contributed by atoms with Crippen LogP contribution in [-0.2, 0) is 21.1 Å². The highest BCUT2D eigenvalue weighted by Gasteiger charge is 2.28. The van der Waals surface area contributed by atoms with Crippen LogP contribution in [0.1, 0.15) is 17.5 Å². The molecule has 1 aliphatic heterocycles. The number of aromatic nitrogens is 3. The SMILES string of the molecule is Cn1c(SCC[N+]2(C)CCCN(c3ccc(/C=C/c4cc[n+](C)cc4)cc3)CC2)[n+](C)c2ccccc21. The fraction of sp³-hybridized carbons (Fsp3) is 0.355. The minimum absolute atomic E-state index is 1.11. The van der Waals surface area contributed by atoms with Gasteiger partial charge >= 0.3 is 5.16 Å². The molecule has 0 saturated carbocycles. The number of pyridine rings is 1. The summed E-state index contributed by atoms with van der Waals surface area (Å²) in [5, 5.41) is 1.33. The fourth-order valence-electron chi connectivity index (χ4n) is 5.34. The maximum atomic E-state index is 2.57. The topological polar surface area (TPSA) is 15.9 Å². The van der Waals surface area contributed by atoms with E-state index in [0.717, 1.165) is 23.3 Å². The number of benzene rings is 2. The van der Waals surface area contributed by atoms with Crippen molar-refractivity contribution in [1.29, 1.82) is 0 Å². The molecule has 2 aromatic carbocycles. The second-order valence-electron chi connectivity index (χ2n) is 10.6. The molecule has 3 heterocycles. The summed E-state index contributed by atoms with van der Waals surface area (Å²) in [5.41, 5.74) is 6.40. The molecule has 4 aromatic rings. The molecule has 37 heavy (non-hydrogen) atoms. The molecule has 0 spiro atoms. The van der Waals surface area contributed by atoms with E-state index in [9.17, 15) is 0 Å². The van der Waals surface area contributed by atoms with Gasteiger partial charge in [-0.3, -0.25) is 0 Å². The van der Waals surface area contributed by atoms with Gasteiger partial charge in [-0.05, 0) is 47.2 Å². The van der Waals surface area contributed by atoms with Crippen molar-refractivity contribution >= 4 is 40.6 Å². The molecule has 1 fully saturated rings. The molecule has 0 amide bonds. The first-order chi connectivity index (χ1) is 17.9. The van der Waals surface area contributed by atoms with Crippen molar-refractivity contribution < 1.29 is 13.6 Å². The minimum Gasteiger partial charge on any atom is -0.366 e. The van der Waals surface area contributed by atoms with E-state index in [1.807, 2.05) is 18.8 Å². The van der Waals surface area contributed by atoms with Crippen LogP contribution in [0.2, 0.25) is 0 Å². The summed E-state index contributed by atoms with van der Waals surface area (Å²) in [6.07, 6.45) is 9.77. The standard InChI is InChI=1S/C31H40N5S/c1-32-19-16-27(17-20-32)11-10-26-12-14-28(15-13-26)35-18-7-22-36(4,23-21-35)24-25-37-31-33(2)29-8-5-6-9-30(29)34(31)3/h5-6,8-17,19-20H,7,18,21-25H2,1-4H3/q+3. The zero-order valence-corrected chi connectivity index (χ0v) is 23.5. The van der Waals surface area contributed by atoms with Crippen molar-refractivity contribution in [3.8, 4) is 0 Å². The fourth-order valence-corrected chi connectivity index (χ4v) is 6.64. The Balaban J connectivity index is 1.16. The van der Waals surface area contributed by atoms with Gasteiger partial charge in [-0.1, -0.05) is 36.4 Å². The summed E-state index contributed by atoms with van der Waals surface area (Å²) in [7, 11) is 8.87. The summed E-state index contributed by atoms with van der Waals surface area (Å²) < 4.78 is 7.87. The molecule has 5 nitrogen and oxygen atoms in total. The number of anilines is 1. The normalized spacial score (nSPS) is 18.5. The summed E-state index contributed by atoms with van der Waals surface area (Å²) >= 11 is 1.99. The molecule has 0 bridgehead atoms. The number of nitrogens with zero attached hydrogens (tertiary/aromatic N) is 5. The van der Waals surface area contributed by atoms with Crippen LogP contribution in [0.4, 0.5) is 5.69 Å². The Bertz CT molecular complexity index is 1330. The number of hydrogen-bond donors (Lipinski definition) is 0. The maximum absolute atomic E-state index is 2.57. The van der Waals surface area contributed by atoms with Gasteiger partial charge in [0.15, 0.2) is 23.4 Å². The number of quaternary nitrogens is 1. The van der Waals surface area contributed by atoms with E-state index in [0.29, 0.717) is 0 Å². The zero-order valence-electron chi connectivity index (χ0n) is 22.7. The lowest BCUT2D eigenvalue weighted by atomic mass is 10.1. The highest BCUT2D eigenvalue weighted by atomic mass is 32.2. The predicted molar refractivity (Wildman–Crippen MR) is 155 cm³/mol. The van der Waals surface area contributed by atoms with Crippen LogP contribution in [0.25, 0.3) is 23.2 Å². The summed E-state index contributed by atoms with van der Waals surface area (Å²) in [4.78, 5) is 2.57. The molecule has 1 saturated heterocycles. The van der Waals surface area contributed by atoms with Crippen LogP contribution in [-0.4, -0.2) is 54.6 Å². The summed E-state index contributed by atoms with van der Waals surface area (Å²) in [6.45, 7) is 5.87. The summed E-state index contributed by atoms with van der Waals surface area (Å²) in [6, 6.07) is 22.0. The smallest absolute Gasteiger partial charge is 0.318 e. The van der Waals surface area contributed by atoms with Crippen LogP contribution in [0.5, 0.6) is 0 Å². The van der Waals surface area contributed by atoms with E-state index in [-0.39, 0.29) is 0 Å². The minimum atomic E-state index is 1.11. The third-order valence-electron chi connectivity index (χ3n) is 7.81. The third-order valence-corrected chi connectivity index (χ3v) is 9.00. The number of likely N-dealkylation sites (N-methyl/N-ethyl adjacent to an activating group) is 1. The Labute approximate surface area is 225 Å². The Morgan fingerprint density at radius 2 is 1.59 bits per heavy atom. The monoisotopic (exact) mass is 514 g/mol. The highest BCUT2D eigenvalue weighted by Crippen LogP contribution is 2.24. The number of para-hydroxylation sites is 2. The van der Waals surface area contributed by atoms with E-state index >= 15 is 0 Å². The first-order valence-corrected chi connectivity index (χ1v) is 14.3. The Morgan fingerprint density at radius 3 is 2.32 bits per heavy atom. The van der Waals surface area contributed by atoms with E-state index in [4.69, 9.17) is 0 Å². The van der Waals surface area contributed by atoms with Gasteiger partial charge in [0, 0.05) is 30.8 Å². The van der Waals surface area contributed by atoms with Crippen LogP contribution < -0.4 is 14.0 Å². The number of hydrogen-bond acceptors (Lipinski definition) is 2. The quantitative estimate of drug-likeness (QED) is 0.206. The van der Waals surface area contributed by atoms with Crippen molar-refractivity contribution in [2.45, 2.75) is 11.6 Å². The van der Waals surface area contributed by atoms with E-state index in [1.165, 1.54) is 59.1 Å². The van der Waals surface area contributed by atoms with Gasteiger partial charge in [0.25, 0.3) is 0 Å². The first kappa shape index (κ1) is 25.6. The third kappa shape index (κ3) is 5.91. The average Bonchev–Trinajstić information content (AvgIpc) is 3.04. The van der Waals surface area contributed by atoms with E-state index in [2.05, 4.69) is 125 Å². The second kappa shape index (κ2) is 11.1. The predicted octanol–water partition coefficient (Wildman–Crippen LogP) is 4.45. The molecule has 0 N–H and O–H groups in total. The highest BCUT2D eigenvalue weighted by molar-refractivity contribution is 7.99. The van der Waals surface area contributed by atoms with Crippen molar-refractivity contribution in [1.82, 2.24) is 4.57 Å². The summed E-state index contributed by atoms with van der Waals surface area (Å²) in [5.74, 6) is 1.13. The molecule has 2 aromatic heterocycles. The average molecular weight is 515 g/mol. The number of aryl methyl sites for hydroxylation is 3. The molecule has 6 heteroatoms. The van der Waals surface area contributed by atoms with Crippen molar-refractivity contribution in [2.24, 2.45) is 21.1 Å². The van der Waals surface area contributed by atoms with Crippen molar-refractivity contribution in [3.63, 3.8) is 0 Å². The first-order valence-electron chi connectivity index (χ1n) is 13.3. The Morgan fingerprint density at radius 1 is 0.892 bits per heavy atom. The van der Waals surface area contributed by atoms with Gasteiger partial charge in [0.2, 0.25) is 0 Å². The van der Waals surface area contributed by atoms with E-state index in [1.54, 1.807) is 0 Å². The molecule has 0 radical (unpaired) electrons.